The van der Waals surface area contributed by atoms with Crippen LogP contribution in [-0.4, -0.2) is 33.5 Å². The molecule has 0 aromatic carbocycles. The predicted molar refractivity (Wildman–Crippen MR) is 134 cm³/mol. The number of aliphatic carboxylic acids is 1. The van der Waals surface area contributed by atoms with Crippen LogP contribution in [0.3, 0.4) is 0 Å². The highest BCUT2D eigenvalue weighted by molar-refractivity contribution is 5.76. The van der Waals surface area contributed by atoms with E-state index >= 15 is 0 Å². The van der Waals surface area contributed by atoms with Gasteiger partial charge in [-0.1, -0.05) is 52.7 Å². The smallest absolute Gasteiger partial charge is 0.310 e. The number of hydrogen-bond donors (Lipinski definition) is 3. The summed E-state index contributed by atoms with van der Waals surface area (Å²) in [4.78, 5) is 12.8. The van der Waals surface area contributed by atoms with Crippen molar-refractivity contribution in [2.45, 2.75) is 124 Å². The summed E-state index contributed by atoms with van der Waals surface area (Å²) in [5.74, 6) is 0.269. The van der Waals surface area contributed by atoms with Gasteiger partial charge in [0.25, 0.3) is 0 Å². The van der Waals surface area contributed by atoms with Gasteiger partial charge in [-0.2, -0.15) is 0 Å². The van der Waals surface area contributed by atoms with Crippen LogP contribution in [0.5, 0.6) is 0 Å². The third-order valence-corrected chi connectivity index (χ3v) is 12.4. The van der Waals surface area contributed by atoms with Gasteiger partial charge >= 0.3 is 5.97 Å². The van der Waals surface area contributed by atoms with Crippen molar-refractivity contribution in [3.05, 3.63) is 11.1 Å². The molecular formula is C30H48O4. The fraction of sp³-hybridized carbons (Fsp3) is 0.900. The minimum absolute atomic E-state index is 0.0166. The van der Waals surface area contributed by atoms with Crippen LogP contribution < -0.4 is 0 Å². The number of carboxylic acids is 1. The number of aliphatic hydroxyl groups is 2. The maximum absolute atomic E-state index is 12.8. The number of allylic oxidation sites excluding steroid dienone is 1. The molecule has 0 aromatic heterocycles. The molecule has 8 unspecified atom stereocenters. The van der Waals surface area contributed by atoms with Gasteiger partial charge in [0.15, 0.2) is 0 Å². The molecular weight excluding hydrogens is 424 g/mol. The van der Waals surface area contributed by atoms with Crippen LogP contribution in [0.25, 0.3) is 0 Å². The van der Waals surface area contributed by atoms with Gasteiger partial charge in [-0.05, 0) is 110 Å². The lowest BCUT2D eigenvalue weighted by atomic mass is 9.40. The SMILES string of the molecule is CC1(C)CCC2(C(=O)O)CCC3=C(CC(O)CC4C3(C)CCC3C(C)(C)C(O)CCC43C)C2C1. The second kappa shape index (κ2) is 7.57. The van der Waals surface area contributed by atoms with E-state index in [1.165, 1.54) is 11.1 Å². The summed E-state index contributed by atoms with van der Waals surface area (Å²) in [6.07, 6.45) is 9.16. The fourth-order valence-electron chi connectivity index (χ4n) is 10.4. The summed E-state index contributed by atoms with van der Waals surface area (Å²) >= 11 is 0. The molecule has 4 heteroatoms. The molecule has 0 heterocycles. The van der Waals surface area contributed by atoms with Crippen LogP contribution in [0.1, 0.15) is 112 Å². The molecule has 3 saturated carbocycles. The van der Waals surface area contributed by atoms with Crippen LogP contribution in [-0.2, 0) is 4.79 Å². The molecule has 0 spiro atoms. The third kappa shape index (κ3) is 3.26. The molecule has 0 aliphatic heterocycles. The van der Waals surface area contributed by atoms with E-state index in [1.807, 2.05) is 0 Å². The van der Waals surface area contributed by atoms with Crippen molar-refractivity contribution in [3.63, 3.8) is 0 Å². The third-order valence-electron chi connectivity index (χ3n) is 12.4. The Balaban J connectivity index is 1.63. The molecule has 5 aliphatic carbocycles. The lowest BCUT2D eigenvalue weighted by Gasteiger charge is -2.64. The topological polar surface area (TPSA) is 77.8 Å². The van der Waals surface area contributed by atoms with Gasteiger partial charge in [0.1, 0.15) is 0 Å². The summed E-state index contributed by atoms with van der Waals surface area (Å²) < 4.78 is 0. The van der Waals surface area contributed by atoms with Crippen molar-refractivity contribution in [3.8, 4) is 0 Å². The van der Waals surface area contributed by atoms with E-state index in [-0.39, 0.29) is 33.7 Å². The normalized spacial score (nSPS) is 49.7. The molecule has 3 fully saturated rings. The van der Waals surface area contributed by atoms with Gasteiger partial charge in [-0.15, -0.1) is 0 Å². The Labute approximate surface area is 206 Å². The summed E-state index contributed by atoms with van der Waals surface area (Å²) in [5.41, 5.74) is 2.34. The maximum Gasteiger partial charge on any atom is 0.310 e. The lowest BCUT2D eigenvalue weighted by Crippen LogP contribution is -2.59. The zero-order valence-corrected chi connectivity index (χ0v) is 22.4. The zero-order chi connectivity index (χ0) is 24.9. The molecule has 4 nitrogen and oxygen atoms in total. The van der Waals surface area contributed by atoms with E-state index in [9.17, 15) is 20.1 Å². The number of rotatable bonds is 1. The van der Waals surface area contributed by atoms with Crippen molar-refractivity contribution >= 4 is 5.97 Å². The van der Waals surface area contributed by atoms with Gasteiger partial charge in [-0.3, -0.25) is 4.79 Å². The van der Waals surface area contributed by atoms with E-state index < -0.39 is 17.5 Å². The molecule has 8 atom stereocenters. The molecule has 0 aromatic rings. The van der Waals surface area contributed by atoms with E-state index in [1.54, 1.807) is 0 Å². The molecule has 0 bridgehead atoms. The molecule has 0 amide bonds. The average molecular weight is 473 g/mol. The highest BCUT2D eigenvalue weighted by Crippen LogP contribution is 2.70. The standard InChI is InChI=1S/C30H48O4/c1-26(2)13-14-30(25(33)34)12-7-20-19(21(30)17-26)15-18(31)16-23-28(20,5)10-8-22-27(3,4)24(32)9-11-29(22,23)6/h18,21-24,31-32H,7-17H2,1-6H3,(H,33,34). The Bertz CT molecular complexity index is 901. The zero-order valence-electron chi connectivity index (χ0n) is 22.4. The van der Waals surface area contributed by atoms with Crippen molar-refractivity contribution in [1.29, 1.82) is 0 Å². The molecule has 192 valence electrons. The van der Waals surface area contributed by atoms with E-state index in [0.717, 1.165) is 64.2 Å². The van der Waals surface area contributed by atoms with Gasteiger partial charge in [0, 0.05) is 0 Å². The molecule has 0 saturated heterocycles. The molecule has 3 N–H and O–H groups in total. The highest BCUT2D eigenvalue weighted by atomic mass is 16.4. The van der Waals surface area contributed by atoms with E-state index in [4.69, 9.17) is 0 Å². The Hall–Kier alpha value is -0.870. The molecule has 0 radical (unpaired) electrons. The first kappa shape index (κ1) is 24.8. The monoisotopic (exact) mass is 472 g/mol. The highest BCUT2D eigenvalue weighted by Gasteiger charge is 2.64. The number of fused-ring (bicyclic) bond motifs is 6. The predicted octanol–water partition coefficient (Wildman–Crippen LogP) is 6.35. The Morgan fingerprint density at radius 3 is 2.26 bits per heavy atom. The van der Waals surface area contributed by atoms with Crippen LogP contribution in [0.2, 0.25) is 0 Å². The fourth-order valence-corrected chi connectivity index (χ4v) is 10.4. The number of hydrogen-bond acceptors (Lipinski definition) is 3. The van der Waals surface area contributed by atoms with Gasteiger partial charge < -0.3 is 15.3 Å². The first-order valence-electron chi connectivity index (χ1n) is 14.0. The minimum atomic E-state index is -0.650. The van der Waals surface area contributed by atoms with Crippen molar-refractivity contribution in [1.82, 2.24) is 0 Å². The minimum Gasteiger partial charge on any atom is -0.481 e. The number of carbonyl (C=O) groups is 1. The maximum atomic E-state index is 12.8. The Kier molecular flexibility index (Phi) is 5.52. The van der Waals surface area contributed by atoms with E-state index in [0.29, 0.717) is 18.3 Å². The first-order chi connectivity index (χ1) is 15.7. The summed E-state index contributed by atoms with van der Waals surface area (Å²) in [5, 5.41) is 32.9. The van der Waals surface area contributed by atoms with Crippen LogP contribution in [0, 0.1) is 44.8 Å². The van der Waals surface area contributed by atoms with Crippen LogP contribution >= 0.6 is 0 Å². The van der Waals surface area contributed by atoms with Crippen LogP contribution in [0.15, 0.2) is 11.1 Å². The van der Waals surface area contributed by atoms with Gasteiger partial charge in [0.2, 0.25) is 0 Å². The Morgan fingerprint density at radius 2 is 1.59 bits per heavy atom. The summed E-state index contributed by atoms with van der Waals surface area (Å²) in [7, 11) is 0. The van der Waals surface area contributed by atoms with Crippen molar-refractivity contribution in [2.75, 3.05) is 0 Å². The second-order valence-electron chi connectivity index (χ2n) is 14.9. The van der Waals surface area contributed by atoms with Crippen molar-refractivity contribution in [2.24, 2.45) is 44.8 Å². The molecule has 5 rings (SSSR count). The number of carboxylic acid groups (broad SMARTS) is 1. The lowest BCUT2D eigenvalue weighted by molar-refractivity contribution is -0.170. The van der Waals surface area contributed by atoms with Gasteiger partial charge in [-0.25, -0.2) is 0 Å². The summed E-state index contributed by atoms with van der Waals surface area (Å²) in [6.45, 7) is 14.0. The second-order valence-corrected chi connectivity index (χ2v) is 14.9. The Morgan fingerprint density at radius 1 is 0.882 bits per heavy atom. The molecule has 5 aliphatic rings. The number of aliphatic hydroxyl groups excluding tert-OH is 2. The first-order valence-corrected chi connectivity index (χ1v) is 14.0. The quantitative estimate of drug-likeness (QED) is 0.389. The van der Waals surface area contributed by atoms with Crippen LogP contribution in [0.4, 0.5) is 0 Å². The molecule has 34 heavy (non-hydrogen) atoms. The average Bonchev–Trinajstić information content (AvgIpc) is 2.85. The largest absolute Gasteiger partial charge is 0.481 e. The van der Waals surface area contributed by atoms with Crippen molar-refractivity contribution < 1.29 is 20.1 Å². The van der Waals surface area contributed by atoms with E-state index in [2.05, 4.69) is 41.5 Å². The summed E-state index contributed by atoms with van der Waals surface area (Å²) in [6, 6.07) is 0. The van der Waals surface area contributed by atoms with Gasteiger partial charge in [0.05, 0.1) is 17.6 Å².